The van der Waals surface area contributed by atoms with Crippen LogP contribution in [0.2, 0.25) is 0 Å². The molecule has 0 radical (unpaired) electrons. The van der Waals surface area contributed by atoms with E-state index in [1.807, 2.05) is 42.1 Å². The molecule has 1 aliphatic heterocycles. The molecule has 0 unspecified atom stereocenters. The molecule has 3 aromatic rings. The first-order valence-corrected chi connectivity index (χ1v) is 9.12. The standard InChI is InChI=1S/C21H23N3O3/c1-14(26)8-15-9-16-17(11-24(2)19(16)10-22-15)18-4-3-5-20(23-18)21(12-25)6-7-27-13-21/h3-5,9-11,25H,6-8,12-13H2,1-2H3/t21-/m0/s1. The number of ketones is 1. The number of carbonyl (C=O) groups excluding carboxylic acids is 1. The van der Waals surface area contributed by atoms with Crippen molar-refractivity contribution in [3.8, 4) is 11.3 Å². The molecule has 0 spiro atoms. The second-order valence-corrected chi connectivity index (χ2v) is 7.37. The van der Waals surface area contributed by atoms with E-state index in [1.54, 1.807) is 13.1 Å². The van der Waals surface area contributed by atoms with Gasteiger partial charge in [-0.3, -0.25) is 14.8 Å². The van der Waals surface area contributed by atoms with Gasteiger partial charge in [-0.2, -0.15) is 0 Å². The first kappa shape index (κ1) is 17.8. The highest BCUT2D eigenvalue weighted by atomic mass is 16.5. The van der Waals surface area contributed by atoms with Crippen LogP contribution in [-0.2, 0) is 28.4 Å². The van der Waals surface area contributed by atoms with Gasteiger partial charge in [0.2, 0.25) is 0 Å². The Morgan fingerprint density at radius 1 is 1.41 bits per heavy atom. The molecule has 1 aliphatic rings. The molecule has 140 valence electrons. The van der Waals surface area contributed by atoms with Crippen molar-refractivity contribution in [3.63, 3.8) is 0 Å². The molecule has 0 aromatic carbocycles. The average Bonchev–Trinajstić information content (AvgIpc) is 3.27. The van der Waals surface area contributed by atoms with Crippen LogP contribution in [0.15, 0.2) is 36.7 Å². The van der Waals surface area contributed by atoms with E-state index in [0.717, 1.165) is 40.0 Å². The SMILES string of the molecule is CC(=O)Cc1cc2c(-c3cccc([C@]4(CO)CCOC4)n3)cn(C)c2cn1. The highest BCUT2D eigenvalue weighted by Gasteiger charge is 2.37. The van der Waals surface area contributed by atoms with Gasteiger partial charge in [0.25, 0.3) is 0 Å². The van der Waals surface area contributed by atoms with Gasteiger partial charge in [-0.25, -0.2) is 0 Å². The van der Waals surface area contributed by atoms with Crippen LogP contribution in [0.1, 0.15) is 24.7 Å². The Morgan fingerprint density at radius 2 is 2.26 bits per heavy atom. The van der Waals surface area contributed by atoms with Gasteiger partial charge in [0.15, 0.2) is 0 Å². The first-order valence-electron chi connectivity index (χ1n) is 9.12. The molecule has 3 aromatic heterocycles. The molecule has 6 heteroatoms. The summed E-state index contributed by atoms with van der Waals surface area (Å²) in [5.41, 5.74) is 4.02. The number of carbonyl (C=O) groups is 1. The Morgan fingerprint density at radius 3 is 2.96 bits per heavy atom. The van der Waals surface area contributed by atoms with E-state index in [-0.39, 0.29) is 12.4 Å². The number of rotatable bonds is 5. The molecular formula is C21H23N3O3. The Balaban J connectivity index is 1.82. The quantitative estimate of drug-likeness (QED) is 0.751. The van der Waals surface area contributed by atoms with Crippen molar-refractivity contribution in [1.29, 1.82) is 0 Å². The Labute approximate surface area is 157 Å². The summed E-state index contributed by atoms with van der Waals surface area (Å²) < 4.78 is 7.55. The zero-order valence-electron chi connectivity index (χ0n) is 15.6. The van der Waals surface area contributed by atoms with Gasteiger partial charge < -0.3 is 14.4 Å². The number of aliphatic hydroxyl groups excluding tert-OH is 1. The molecule has 6 nitrogen and oxygen atoms in total. The van der Waals surface area contributed by atoms with Crippen LogP contribution in [0.3, 0.4) is 0 Å². The highest BCUT2D eigenvalue weighted by molar-refractivity contribution is 5.95. The summed E-state index contributed by atoms with van der Waals surface area (Å²) in [5, 5.41) is 11.0. The lowest BCUT2D eigenvalue weighted by molar-refractivity contribution is -0.116. The zero-order valence-corrected chi connectivity index (χ0v) is 15.6. The minimum atomic E-state index is -0.429. The molecule has 1 atom stereocenters. The van der Waals surface area contributed by atoms with Crippen molar-refractivity contribution in [1.82, 2.24) is 14.5 Å². The lowest BCUT2D eigenvalue weighted by Crippen LogP contribution is -2.32. The molecule has 0 saturated carbocycles. The normalized spacial score (nSPS) is 19.7. The second-order valence-electron chi connectivity index (χ2n) is 7.37. The van der Waals surface area contributed by atoms with Gasteiger partial charge in [-0.05, 0) is 31.5 Å². The molecule has 1 saturated heterocycles. The summed E-state index contributed by atoms with van der Waals surface area (Å²) in [6.45, 7) is 2.72. The fourth-order valence-corrected chi connectivity index (χ4v) is 3.77. The van der Waals surface area contributed by atoms with Crippen LogP contribution in [0.5, 0.6) is 0 Å². The van der Waals surface area contributed by atoms with E-state index in [4.69, 9.17) is 9.72 Å². The van der Waals surface area contributed by atoms with Crippen molar-refractivity contribution in [3.05, 3.63) is 48.0 Å². The lowest BCUT2D eigenvalue weighted by atomic mass is 9.84. The van der Waals surface area contributed by atoms with Gasteiger partial charge in [0.1, 0.15) is 5.78 Å². The topological polar surface area (TPSA) is 77.2 Å². The smallest absolute Gasteiger partial charge is 0.135 e. The Kier molecular flexibility index (Phi) is 4.53. The summed E-state index contributed by atoms with van der Waals surface area (Å²) in [5.74, 6) is 0.0885. The number of Topliss-reactive ketones (excluding diaryl/α,β-unsaturated/α-hetero) is 1. The number of pyridine rings is 2. The van der Waals surface area contributed by atoms with Gasteiger partial charge >= 0.3 is 0 Å². The third kappa shape index (κ3) is 3.15. The molecule has 1 N–H and O–H groups in total. The number of hydrogen-bond acceptors (Lipinski definition) is 5. The van der Waals surface area contributed by atoms with E-state index in [1.165, 1.54) is 0 Å². The zero-order chi connectivity index (χ0) is 19.0. The van der Waals surface area contributed by atoms with E-state index < -0.39 is 5.41 Å². The maximum atomic E-state index is 11.5. The van der Waals surface area contributed by atoms with E-state index in [9.17, 15) is 9.90 Å². The molecule has 0 amide bonds. The van der Waals surface area contributed by atoms with Crippen LogP contribution >= 0.6 is 0 Å². The van der Waals surface area contributed by atoms with Crippen molar-refractivity contribution in [2.75, 3.05) is 19.8 Å². The second kappa shape index (κ2) is 6.87. The van der Waals surface area contributed by atoms with Crippen molar-refractivity contribution < 1.29 is 14.6 Å². The summed E-state index contributed by atoms with van der Waals surface area (Å²) in [7, 11) is 1.97. The number of hydrogen-bond donors (Lipinski definition) is 1. The predicted octanol–water partition coefficient (Wildman–Crippen LogP) is 2.42. The molecule has 4 rings (SSSR count). The summed E-state index contributed by atoms with van der Waals surface area (Å²) >= 11 is 0. The summed E-state index contributed by atoms with van der Waals surface area (Å²) in [6, 6.07) is 7.89. The van der Waals surface area contributed by atoms with Crippen LogP contribution in [0.25, 0.3) is 22.2 Å². The number of ether oxygens (including phenoxy) is 1. The van der Waals surface area contributed by atoms with Gasteiger partial charge in [-0.15, -0.1) is 0 Å². The number of nitrogens with zero attached hydrogens (tertiary/aromatic N) is 3. The monoisotopic (exact) mass is 365 g/mol. The number of aliphatic hydroxyl groups is 1. The third-order valence-electron chi connectivity index (χ3n) is 5.34. The van der Waals surface area contributed by atoms with E-state index >= 15 is 0 Å². The number of aryl methyl sites for hydroxylation is 1. The van der Waals surface area contributed by atoms with Crippen LogP contribution in [0.4, 0.5) is 0 Å². The van der Waals surface area contributed by atoms with Crippen LogP contribution in [-0.4, -0.2) is 45.2 Å². The molecule has 0 aliphatic carbocycles. The van der Waals surface area contributed by atoms with Crippen molar-refractivity contribution >= 4 is 16.7 Å². The van der Waals surface area contributed by atoms with Crippen molar-refractivity contribution in [2.45, 2.75) is 25.2 Å². The molecular weight excluding hydrogens is 342 g/mol. The Hall–Kier alpha value is -2.57. The number of fused-ring (bicyclic) bond motifs is 1. The fourth-order valence-electron chi connectivity index (χ4n) is 3.77. The van der Waals surface area contributed by atoms with Crippen molar-refractivity contribution in [2.24, 2.45) is 7.05 Å². The maximum absolute atomic E-state index is 11.5. The maximum Gasteiger partial charge on any atom is 0.135 e. The average molecular weight is 365 g/mol. The van der Waals surface area contributed by atoms with Crippen LogP contribution < -0.4 is 0 Å². The van der Waals surface area contributed by atoms with E-state index in [2.05, 4.69) is 4.98 Å². The summed E-state index contributed by atoms with van der Waals surface area (Å²) in [6.07, 6.45) is 4.93. The molecule has 1 fully saturated rings. The van der Waals surface area contributed by atoms with E-state index in [0.29, 0.717) is 19.6 Å². The minimum absolute atomic E-state index is 0.0195. The molecule has 0 bridgehead atoms. The lowest BCUT2D eigenvalue weighted by Gasteiger charge is -2.24. The van der Waals surface area contributed by atoms with Gasteiger partial charge in [-0.1, -0.05) is 6.07 Å². The molecule has 4 heterocycles. The molecule has 27 heavy (non-hydrogen) atoms. The summed E-state index contributed by atoms with van der Waals surface area (Å²) in [4.78, 5) is 20.8. The van der Waals surface area contributed by atoms with Gasteiger partial charge in [0, 0.05) is 42.9 Å². The van der Waals surface area contributed by atoms with Gasteiger partial charge in [0.05, 0.1) is 41.7 Å². The number of aromatic nitrogens is 3. The van der Waals surface area contributed by atoms with Crippen LogP contribution in [0, 0.1) is 0 Å². The predicted molar refractivity (Wildman–Crippen MR) is 103 cm³/mol. The minimum Gasteiger partial charge on any atom is -0.395 e. The Bertz CT molecular complexity index is 1000. The fraction of sp³-hybridized carbons (Fsp3) is 0.381. The first-order chi connectivity index (χ1) is 13.0. The third-order valence-corrected chi connectivity index (χ3v) is 5.34. The largest absolute Gasteiger partial charge is 0.395 e. The highest BCUT2D eigenvalue weighted by Crippen LogP contribution is 2.34.